The Kier molecular flexibility index (Phi) is 2.65. The summed E-state index contributed by atoms with van der Waals surface area (Å²) in [4.78, 5) is 4.87. The van der Waals surface area contributed by atoms with Crippen molar-refractivity contribution >= 4 is 0 Å². The van der Waals surface area contributed by atoms with E-state index >= 15 is 0 Å². The fourth-order valence-electron chi connectivity index (χ4n) is 3.84. The minimum absolute atomic E-state index is 0.257. The minimum atomic E-state index is 0.257. The number of hydrogen-bond donors (Lipinski definition) is 0. The molecule has 0 spiro atoms. The van der Waals surface area contributed by atoms with Crippen LogP contribution in [-0.4, -0.2) is 4.98 Å². The first kappa shape index (κ1) is 12.6. The van der Waals surface area contributed by atoms with Crippen molar-refractivity contribution in [3.8, 4) is 0 Å². The summed E-state index contributed by atoms with van der Waals surface area (Å²) in [7, 11) is 0. The standard InChI is InChI=1S/C16H25N/c1-10-11(2)14-13(17-12(10)3)8-15(4,5)9-16(14,6)7/h8-9H2,1-7H3. The maximum atomic E-state index is 4.87. The molecular formula is C16H25N. The number of aryl methyl sites for hydroxylation is 1. The third-order valence-corrected chi connectivity index (χ3v) is 4.31. The lowest BCUT2D eigenvalue weighted by Gasteiger charge is -2.43. The quantitative estimate of drug-likeness (QED) is 0.650. The van der Waals surface area contributed by atoms with Crippen LogP contribution in [0.5, 0.6) is 0 Å². The Morgan fingerprint density at radius 3 is 2.12 bits per heavy atom. The average molecular weight is 231 g/mol. The van der Waals surface area contributed by atoms with Crippen LogP contribution < -0.4 is 0 Å². The molecule has 0 unspecified atom stereocenters. The molecule has 1 nitrogen and oxygen atoms in total. The largest absolute Gasteiger partial charge is 0.258 e. The van der Waals surface area contributed by atoms with E-state index in [1.54, 1.807) is 0 Å². The van der Waals surface area contributed by atoms with Gasteiger partial charge < -0.3 is 0 Å². The number of fused-ring (bicyclic) bond motifs is 1. The summed E-state index contributed by atoms with van der Waals surface area (Å²) in [6.07, 6.45) is 2.37. The van der Waals surface area contributed by atoms with Crippen molar-refractivity contribution in [3.63, 3.8) is 0 Å². The van der Waals surface area contributed by atoms with Crippen LogP contribution >= 0.6 is 0 Å². The van der Waals surface area contributed by atoms with Gasteiger partial charge in [-0.3, -0.25) is 4.98 Å². The molecule has 17 heavy (non-hydrogen) atoms. The molecule has 0 fully saturated rings. The molecule has 0 amide bonds. The molecular weight excluding hydrogens is 206 g/mol. The number of pyridine rings is 1. The number of hydrogen-bond acceptors (Lipinski definition) is 1. The lowest BCUT2D eigenvalue weighted by molar-refractivity contribution is 0.226. The molecule has 0 saturated carbocycles. The highest BCUT2D eigenvalue weighted by atomic mass is 14.7. The van der Waals surface area contributed by atoms with Gasteiger partial charge in [-0.05, 0) is 61.1 Å². The molecule has 94 valence electrons. The zero-order chi connectivity index (χ0) is 13.0. The van der Waals surface area contributed by atoms with Gasteiger partial charge in [-0.25, -0.2) is 0 Å². The van der Waals surface area contributed by atoms with Crippen molar-refractivity contribution in [2.24, 2.45) is 5.41 Å². The predicted octanol–water partition coefficient (Wildman–Crippen LogP) is 4.26. The van der Waals surface area contributed by atoms with Gasteiger partial charge in [0.15, 0.2) is 0 Å². The maximum Gasteiger partial charge on any atom is 0.0452 e. The smallest absolute Gasteiger partial charge is 0.0452 e. The summed E-state index contributed by atoms with van der Waals surface area (Å²) < 4.78 is 0. The number of nitrogens with zero attached hydrogens (tertiary/aromatic N) is 1. The van der Waals surface area contributed by atoms with Gasteiger partial charge in [0.25, 0.3) is 0 Å². The summed E-state index contributed by atoms with van der Waals surface area (Å²) in [5, 5.41) is 0. The molecule has 1 aromatic heterocycles. The zero-order valence-corrected chi connectivity index (χ0v) is 12.4. The van der Waals surface area contributed by atoms with E-state index in [1.165, 1.54) is 34.5 Å². The lowest BCUT2D eigenvalue weighted by atomic mass is 9.62. The van der Waals surface area contributed by atoms with E-state index in [9.17, 15) is 0 Å². The Morgan fingerprint density at radius 2 is 1.53 bits per heavy atom. The Bertz CT molecular complexity index is 467. The van der Waals surface area contributed by atoms with Gasteiger partial charge in [0.1, 0.15) is 0 Å². The van der Waals surface area contributed by atoms with Crippen molar-refractivity contribution < 1.29 is 0 Å². The van der Waals surface area contributed by atoms with Gasteiger partial charge >= 0.3 is 0 Å². The SMILES string of the molecule is Cc1nc2c(c(C)c1C)C(C)(C)CC(C)(C)C2. The van der Waals surface area contributed by atoms with Crippen LogP contribution in [0.25, 0.3) is 0 Å². The first-order valence-corrected chi connectivity index (χ1v) is 6.61. The Morgan fingerprint density at radius 1 is 0.941 bits per heavy atom. The van der Waals surface area contributed by atoms with E-state index < -0.39 is 0 Å². The first-order chi connectivity index (χ1) is 7.64. The van der Waals surface area contributed by atoms with Gasteiger partial charge in [-0.2, -0.15) is 0 Å². The van der Waals surface area contributed by atoms with Crippen LogP contribution in [0.1, 0.15) is 62.2 Å². The molecule has 0 atom stereocenters. The molecule has 0 aromatic carbocycles. The monoisotopic (exact) mass is 231 g/mol. The molecule has 0 aliphatic heterocycles. The van der Waals surface area contributed by atoms with Crippen LogP contribution in [0.3, 0.4) is 0 Å². The molecule has 1 aromatic rings. The van der Waals surface area contributed by atoms with Gasteiger partial charge in [0.05, 0.1) is 0 Å². The molecule has 0 saturated heterocycles. The van der Waals surface area contributed by atoms with E-state index in [-0.39, 0.29) is 5.41 Å². The van der Waals surface area contributed by atoms with Crippen LogP contribution in [0, 0.1) is 26.2 Å². The molecule has 0 radical (unpaired) electrons. The topological polar surface area (TPSA) is 12.9 Å². The van der Waals surface area contributed by atoms with E-state index in [0.717, 1.165) is 6.42 Å². The minimum Gasteiger partial charge on any atom is -0.258 e. The van der Waals surface area contributed by atoms with Crippen molar-refractivity contribution in [1.29, 1.82) is 0 Å². The molecule has 2 rings (SSSR count). The van der Waals surface area contributed by atoms with Crippen molar-refractivity contribution in [1.82, 2.24) is 4.98 Å². The highest BCUT2D eigenvalue weighted by molar-refractivity contribution is 5.44. The summed E-state index contributed by atoms with van der Waals surface area (Å²) in [6, 6.07) is 0. The Hall–Kier alpha value is -0.850. The van der Waals surface area contributed by atoms with Gasteiger partial charge in [0, 0.05) is 11.4 Å². The summed E-state index contributed by atoms with van der Waals surface area (Å²) in [5.74, 6) is 0. The normalized spacial score (nSPS) is 21.1. The number of rotatable bonds is 0. The van der Waals surface area contributed by atoms with Crippen LogP contribution in [0.15, 0.2) is 0 Å². The molecule has 1 heteroatoms. The predicted molar refractivity (Wildman–Crippen MR) is 73.6 cm³/mol. The highest BCUT2D eigenvalue weighted by Gasteiger charge is 2.39. The second-order valence-electron chi connectivity index (χ2n) is 7.17. The first-order valence-electron chi connectivity index (χ1n) is 6.61. The maximum absolute atomic E-state index is 4.87. The summed E-state index contributed by atoms with van der Waals surface area (Å²) in [5.41, 5.74) is 7.52. The molecule has 0 bridgehead atoms. The fraction of sp³-hybridized carbons (Fsp3) is 0.688. The molecule has 1 aliphatic rings. The van der Waals surface area contributed by atoms with Crippen LogP contribution in [0.4, 0.5) is 0 Å². The third-order valence-electron chi connectivity index (χ3n) is 4.31. The van der Waals surface area contributed by atoms with Crippen molar-refractivity contribution in [2.45, 2.75) is 66.7 Å². The van der Waals surface area contributed by atoms with Crippen LogP contribution in [-0.2, 0) is 11.8 Å². The molecule has 1 aliphatic carbocycles. The second-order valence-corrected chi connectivity index (χ2v) is 7.17. The summed E-state index contributed by atoms with van der Waals surface area (Å²) in [6.45, 7) is 16.1. The summed E-state index contributed by atoms with van der Waals surface area (Å²) >= 11 is 0. The fourth-order valence-corrected chi connectivity index (χ4v) is 3.84. The average Bonchev–Trinajstić information content (AvgIpc) is 2.09. The van der Waals surface area contributed by atoms with E-state index in [1.807, 2.05) is 0 Å². The molecule has 0 N–H and O–H groups in total. The van der Waals surface area contributed by atoms with Crippen molar-refractivity contribution in [3.05, 3.63) is 28.1 Å². The van der Waals surface area contributed by atoms with Gasteiger partial charge in [-0.1, -0.05) is 27.7 Å². The Balaban J connectivity index is 2.71. The van der Waals surface area contributed by atoms with E-state index in [4.69, 9.17) is 4.98 Å². The zero-order valence-electron chi connectivity index (χ0n) is 12.4. The Labute approximate surface area is 106 Å². The van der Waals surface area contributed by atoms with E-state index in [0.29, 0.717) is 5.41 Å². The van der Waals surface area contributed by atoms with E-state index in [2.05, 4.69) is 48.5 Å². The number of aromatic nitrogens is 1. The van der Waals surface area contributed by atoms with Gasteiger partial charge in [-0.15, -0.1) is 0 Å². The second kappa shape index (κ2) is 3.57. The molecule has 1 heterocycles. The lowest BCUT2D eigenvalue weighted by Crippen LogP contribution is -2.36. The third kappa shape index (κ3) is 2.00. The van der Waals surface area contributed by atoms with Crippen LogP contribution in [0.2, 0.25) is 0 Å². The van der Waals surface area contributed by atoms with Gasteiger partial charge in [0.2, 0.25) is 0 Å². The highest BCUT2D eigenvalue weighted by Crippen LogP contribution is 2.46. The van der Waals surface area contributed by atoms with Crippen molar-refractivity contribution in [2.75, 3.05) is 0 Å².